The minimum atomic E-state index is 0.865. The number of para-hydroxylation sites is 2. The maximum absolute atomic E-state index is 6.59. The lowest BCUT2D eigenvalue weighted by Crippen LogP contribution is -2.10. The van der Waals surface area contributed by atoms with Crippen molar-refractivity contribution in [2.75, 3.05) is 4.90 Å². The van der Waals surface area contributed by atoms with Crippen molar-refractivity contribution < 1.29 is 8.83 Å². The highest BCUT2D eigenvalue weighted by molar-refractivity contribution is 6.17. The van der Waals surface area contributed by atoms with E-state index in [1.165, 1.54) is 21.5 Å². The predicted octanol–water partition coefficient (Wildman–Crippen LogP) is 14.6. The Morgan fingerprint density at radius 3 is 1.81 bits per heavy atom. The first-order chi connectivity index (χ1) is 26.3. The first-order valence-corrected chi connectivity index (χ1v) is 18.0. The fraction of sp³-hybridized carbons (Fsp3) is 0. The predicted molar refractivity (Wildman–Crippen MR) is 222 cm³/mol. The van der Waals surface area contributed by atoms with E-state index < -0.39 is 0 Å². The molecule has 0 fully saturated rings. The Labute approximate surface area is 305 Å². The Bertz CT molecular complexity index is 3170. The largest absolute Gasteiger partial charge is 0.456 e. The third-order valence-corrected chi connectivity index (χ3v) is 10.7. The van der Waals surface area contributed by atoms with Crippen LogP contribution in [-0.2, 0) is 0 Å². The molecule has 0 unspecified atom stereocenters. The second kappa shape index (κ2) is 11.7. The van der Waals surface area contributed by atoms with Gasteiger partial charge in [-0.2, -0.15) is 0 Å². The maximum Gasteiger partial charge on any atom is 0.143 e. The quantitative estimate of drug-likeness (QED) is 0.170. The molecular weight excluding hydrogens is 647 g/mol. The lowest BCUT2D eigenvalue weighted by atomic mass is 9.94. The summed E-state index contributed by atoms with van der Waals surface area (Å²) in [4.78, 5) is 2.36. The molecule has 0 bridgehead atoms. The SMILES string of the molecule is c1ccc(-c2ccc(-c3ccc(N(c4ccc5c(c4)oc4ccccc45)c4cccc5c4ccc4ccccc45)cc3)c3c2oc2ccccc23)cc1. The summed E-state index contributed by atoms with van der Waals surface area (Å²) in [7, 11) is 0. The van der Waals surface area contributed by atoms with Gasteiger partial charge < -0.3 is 13.7 Å². The molecule has 0 atom stereocenters. The van der Waals surface area contributed by atoms with Crippen LogP contribution in [0.2, 0.25) is 0 Å². The van der Waals surface area contributed by atoms with E-state index in [1.807, 2.05) is 24.3 Å². The van der Waals surface area contributed by atoms with Gasteiger partial charge in [-0.05, 0) is 81.4 Å². The summed E-state index contributed by atoms with van der Waals surface area (Å²) in [5, 5.41) is 9.35. The van der Waals surface area contributed by atoms with E-state index in [9.17, 15) is 0 Å². The molecule has 0 aliphatic rings. The highest BCUT2D eigenvalue weighted by Gasteiger charge is 2.20. The van der Waals surface area contributed by atoms with E-state index in [-0.39, 0.29) is 0 Å². The Morgan fingerprint density at radius 1 is 0.340 bits per heavy atom. The van der Waals surface area contributed by atoms with Gasteiger partial charge in [0.25, 0.3) is 0 Å². The molecule has 3 nitrogen and oxygen atoms in total. The molecule has 3 heteroatoms. The second-order valence-electron chi connectivity index (χ2n) is 13.6. The smallest absolute Gasteiger partial charge is 0.143 e. The number of rotatable bonds is 5. The molecule has 11 aromatic rings. The van der Waals surface area contributed by atoms with Crippen LogP contribution in [0.25, 0.3) is 87.7 Å². The van der Waals surface area contributed by atoms with Crippen LogP contribution < -0.4 is 4.90 Å². The van der Waals surface area contributed by atoms with Gasteiger partial charge in [0.05, 0.1) is 5.69 Å². The summed E-state index contributed by atoms with van der Waals surface area (Å²) in [6.07, 6.45) is 0. The molecule has 0 N–H and O–H groups in total. The van der Waals surface area contributed by atoms with Crippen LogP contribution in [-0.4, -0.2) is 0 Å². The fourth-order valence-electron chi connectivity index (χ4n) is 8.20. The first-order valence-electron chi connectivity index (χ1n) is 18.0. The van der Waals surface area contributed by atoms with Gasteiger partial charge in [0, 0.05) is 49.9 Å². The van der Waals surface area contributed by atoms with Crippen molar-refractivity contribution in [1.29, 1.82) is 0 Å². The number of hydrogen-bond donors (Lipinski definition) is 0. The highest BCUT2D eigenvalue weighted by Crippen LogP contribution is 2.45. The minimum Gasteiger partial charge on any atom is -0.456 e. The van der Waals surface area contributed by atoms with Crippen LogP contribution in [0.1, 0.15) is 0 Å². The fourth-order valence-corrected chi connectivity index (χ4v) is 8.20. The number of benzene rings is 9. The second-order valence-corrected chi connectivity index (χ2v) is 13.6. The van der Waals surface area contributed by atoms with Crippen molar-refractivity contribution >= 4 is 82.5 Å². The summed E-state index contributed by atoms with van der Waals surface area (Å²) in [6, 6.07) is 66.7. The van der Waals surface area contributed by atoms with E-state index in [0.717, 1.165) is 83.2 Å². The monoisotopic (exact) mass is 677 g/mol. The van der Waals surface area contributed by atoms with E-state index in [4.69, 9.17) is 8.83 Å². The summed E-state index contributed by atoms with van der Waals surface area (Å²) < 4.78 is 13.0. The van der Waals surface area contributed by atoms with Gasteiger partial charge in [-0.3, -0.25) is 0 Å². The van der Waals surface area contributed by atoms with Crippen molar-refractivity contribution in [3.8, 4) is 22.3 Å². The molecule has 0 aliphatic heterocycles. The number of anilines is 3. The molecule has 2 heterocycles. The summed E-state index contributed by atoms with van der Waals surface area (Å²) in [5.74, 6) is 0. The molecule has 0 aliphatic carbocycles. The molecule has 2 aromatic heterocycles. The Kier molecular flexibility index (Phi) is 6.55. The van der Waals surface area contributed by atoms with Gasteiger partial charge in [-0.15, -0.1) is 0 Å². The minimum absolute atomic E-state index is 0.865. The molecule has 0 radical (unpaired) electrons. The molecule has 0 spiro atoms. The van der Waals surface area contributed by atoms with Crippen molar-refractivity contribution in [1.82, 2.24) is 0 Å². The molecule has 0 saturated carbocycles. The molecule has 11 rings (SSSR count). The van der Waals surface area contributed by atoms with E-state index in [0.29, 0.717) is 0 Å². The van der Waals surface area contributed by atoms with Gasteiger partial charge in [0.1, 0.15) is 22.3 Å². The van der Waals surface area contributed by atoms with Crippen LogP contribution in [0.5, 0.6) is 0 Å². The first kappa shape index (κ1) is 29.6. The Hall–Kier alpha value is -7.10. The van der Waals surface area contributed by atoms with Gasteiger partial charge in [0.15, 0.2) is 0 Å². The Balaban J connectivity index is 1.11. The summed E-state index contributed by atoms with van der Waals surface area (Å²) in [5.41, 5.74) is 11.2. The number of furan rings is 2. The number of fused-ring (bicyclic) bond motifs is 9. The maximum atomic E-state index is 6.59. The van der Waals surface area contributed by atoms with Crippen LogP contribution in [0, 0.1) is 0 Å². The lowest BCUT2D eigenvalue weighted by Gasteiger charge is -2.27. The highest BCUT2D eigenvalue weighted by atomic mass is 16.3. The molecular formula is C50H31NO2. The van der Waals surface area contributed by atoms with Gasteiger partial charge in [-0.25, -0.2) is 0 Å². The zero-order valence-corrected chi connectivity index (χ0v) is 28.7. The molecule has 0 amide bonds. The van der Waals surface area contributed by atoms with E-state index in [2.05, 4.69) is 169 Å². The van der Waals surface area contributed by atoms with Crippen LogP contribution in [0.4, 0.5) is 17.1 Å². The standard InChI is InChI=1S/C50H31NO2/c1-2-11-32(12-3-1)39-30-29-38(49-44-16-7-9-20-47(44)53-50(39)49)34-21-24-35(25-22-34)51(36-26-28-43-42-15-6-8-19-46(42)52-48(43)31-36)45-18-10-17-40-37-14-5-4-13-33(37)23-27-41(40)45/h1-31H. The van der Waals surface area contributed by atoms with Crippen LogP contribution in [0.3, 0.4) is 0 Å². The van der Waals surface area contributed by atoms with Crippen molar-refractivity contribution in [2.45, 2.75) is 0 Å². The molecule has 9 aromatic carbocycles. The normalized spacial score (nSPS) is 11.8. The lowest BCUT2D eigenvalue weighted by molar-refractivity contribution is 0.669. The van der Waals surface area contributed by atoms with E-state index >= 15 is 0 Å². The molecule has 0 saturated heterocycles. The summed E-state index contributed by atoms with van der Waals surface area (Å²) in [6.45, 7) is 0. The molecule has 53 heavy (non-hydrogen) atoms. The zero-order valence-electron chi connectivity index (χ0n) is 28.7. The van der Waals surface area contributed by atoms with Gasteiger partial charge in [-0.1, -0.05) is 133 Å². The topological polar surface area (TPSA) is 29.5 Å². The third-order valence-electron chi connectivity index (χ3n) is 10.7. The van der Waals surface area contributed by atoms with Crippen LogP contribution in [0.15, 0.2) is 197 Å². The molecule has 248 valence electrons. The third kappa shape index (κ3) is 4.68. The average molecular weight is 678 g/mol. The number of hydrogen-bond acceptors (Lipinski definition) is 3. The van der Waals surface area contributed by atoms with Crippen molar-refractivity contribution in [3.63, 3.8) is 0 Å². The summed E-state index contributed by atoms with van der Waals surface area (Å²) >= 11 is 0. The average Bonchev–Trinajstić information content (AvgIpc) is 3.80. The van der Waals surface area contributed by atoms with Crippen LogP contribution >= 0.6 is 0 Å². The van der Waals surface area contributed by atoms with Crippen molar-refractivity contribution in [2.24, 2.45) is 0 Å². The van der Waals surface area contributed by atoms with Gasteiger partial charge in [0.2, 0.25) is 0 Å². The number of nitrogens with zero attached hydrogens (tertiary/aromatic N) is 1. The zero-order chi connectivity index (χ0) is 34.9. The Morgan fingerprint density at radius 2 is 0.962 bits per heavy atom. The van der Waals surface area contributed by atoms with Gasteiger partial charge >= 0.3 is 0 Å². The van der Waals surface area contributed by atoms with Crippen molar-refractivity contribution in [3.05, 3.63) is 188 Å². The van der Waals surface area contributed by atoms with E-state index in [1.54, 1.807) is 0 Å².